The van der Waals surface area contributed by atoms with E-state index in [-0.39, 0.29) is 34.6 Å². The van der Waals surface area contributed by atoms with Crippen LogP contribution < -0.4 is 10.6 Å². The van der Waals surface area contributed by atoms with E-state index < -0.39 is 11.7 Å². The van der Waals surface area contributed by atoms with E-state index in [2.05, 4.69) is 10.6 Å². The summed E-state index contributed by atoms with van der Waals surface area (Å²) in [6.07, 6.45) is 0. The molecule has 0 aromatic heterocycles. The molecule has 0 aliphatic heterocycles. The lowest BCUT2D eigenvalue weighted by Gasteiger charge is -2.09. The molecule has 8 heteroatoms. The molecule has 0 aliphatic carbocycles. The monoisotopic (exact) mass is 388 g/mol. The first-order valence-corrected chi connectivity index (χ1v) is 7.99. The van der Waals surface area contributed by atoms with Crippen molar-refractivity contribution in [3.05, 3.63) is 68.4 Å². The third-order valence-electron chi connectivity index (χ3n) is 3.07. The molecule has 0 saturated heterocycles. The van der Waals surface area contributed by atoms with Crippen molar-refractivity contribution < 1.29 is 14.0 Å². The lowest BCUT2D eigenvalue weighted by molar-refractivity contribution is 0.0925. The topological polar surface area (TPSA) is 58.2 Å². The molecule has 2 rings (SSSR count). The smallest absolute Gasteiger partial charge is 0.255 e. The molecular weight excluding hydrogens is 378 g/mol. The number of amides is 2. The SMILES string of the molecule is O=C(NCCNC(=O)c1c(F)cccc1Cl)c1ccc(Cl)c(Cl)c1. The van der Waals surface area contributed by atoms with Gasteiger partial charge < -0.3 is 10.6 Å². The van der Waals surface area contributed by atoms with Gasteiger partial charge in [-0.25, -0.2) is 4.39 Å². The van der Waals surface area contributed by atoms with Crippen LogP contribution in [0.25, 0.3) is 0 Å². The second-order valence-electron chi connectivity index (χ2n) is 4.74. The zero-order valence-electron chi connectivity index (χ0n) is 12.2. The number of halogens is 4. The van der Waals surface area contributed by atoms with Crippen molar-refractivity contribution in [3.8, 4) is 0 Å². The van der Waals surface area contributed by atoms with Crippen LogP contribution in [0.4, 0.5) is 4.39 Å². The van der Waals surface area contributed by atoms with Crippen molar-refractivity contribution in [2.24, 2.45) is 0 Å². The minimum atomic E-state index is -0.708. The van der Waals surface area contributed by atoms with E-state index in [1.807, 2.05) is 0 Å². The molecule has 2 aromatic rings. The summed E-state index contributed by atoms with van der Waals surface area (Å²) in [5, 5.41) is 5.72. The number of rotatable bonds is 5. The van der Waals surface area contributed by atoms with E-state index in [4.69, 9.17) is 34.8 Å². The molecule has 2 N–H and O–H groups in total. The summed E-state index contributed by atoms with van der Waals surface area (Å²) in [5.74, 6) is -1.73. The van der Waals surface area contributed by atoms with Crippen LogP contribution in [-0.4, -0.2) is 24.9 Å². The Labute approximate surface area is 152 Å². The molecule has 0 unspecified atom stereocenters. The first kappa shape index (κ1) is 18.5. The number of carbonyl (C=O) groups is 2. The summed E-state index contributed by atoms with van der Waals surface area (Å²) < 4.78 is 13.6. The van der Waals surface area contributed by atoms with Gasteiger partial charge in [-0.3, -0.25) is 9.59 Å². The van der Waals surface area contributed by atoms with Crippen LogP contribution in [0.1, 0.15) is 20.7 Å². The molecule has 0 radical (unpaired) electrons. The Balaban J connectivity index is 1.85. The van der Waals surface area contributed by atoms with E-state index >= 15 is 0 Å². The molecule has 4 nitrogen and oxygen atoms in total. The summed E-state index contributed by atoms with van der Waals surface area (Å²) in [6.45, 7) is 0.257. The van der Waals surface area contributed by atoms with E-state index in [9.17, 15) is 14.0 Å². The predicted octanol–water partition coefficient (Wildman–Crippen LogP) is 3.95. The maximum absolute atomic E-state index is 13.6. The zero-order chi connectivity index (χ0) is 17.7. The Hall–Kier alpha value is -1.82. The molecule has 0 atom stereocenters. The van der Waals surface area contributed by atoms with Crippen LogP contribution in [0.15, 0.2) is 36.4 Å². The maximum Gasteiger partial charge on any atom is 0.255 e. The largest absolute Gasteiger partial charge is 0.350 e. The van der Waals surface area contributed by atoms with Gasteiger partial charge in [0.25, 0.3) is 11.8 Å². The fourth-order valence-corrected chi connectivity index (χ4v) is 2.44. The van der Waals surface area contributed by atoms with Gasteiger partial charge in [-0.15, -0.1) is 0 Å². The average Bonchev–Trinajstić information content (AvgIpc) is 2.53. The van der Waals surface area contributed by atoms with Gasteiger partial charge in [0.2, 0.25) is 0 Å². The van der Waals surface area contributed by atoms with Crippen molar-refractivity contribution in [2.45, 2.75) is 0 Å². The fraction of sp³-hybridized carbons (Fsp3) is 0.125. The third-order valence-corrected chi connectivity index (χ3v) is 4.12. The highest BCUT2D eigenvalue weighted by Crippen LogP contribution is 2.22. The standard InChI is InChI=1S/C16H12Cl3FN2O2/c17-10-5-4-9(8-12(10)19)15(23)21-6-7-22-16(24)14-11(18)2-1-3-13(14)20/h1-5,8H,6-7H2,(H,21,23)(H,22,24). The molecule has 0 saturated carbocycles. The molecule has 126 valence electrons. The van der Waals surface area contributed by atoms with Gasteiger partial charge in [-0.1, -0.05) is 40.9 Å². The second kappa shape index (κ2) is 8.33. The summed E-state index contributed by atoms with van der Waals surface area (Å²) in [4.78, 5) is 23.8. The van der Waals surface area contributed by atoms with Crippen molar-refractivity contribution in [1.29, 1.82) is 0 Å². The normalized spacial score (nSPS) is 10.3. The lowest BCUT2D eigenvalue weighted by Crippen LogP contribution is -2.35. The summed E-state index contributed by atoms with van der Waals surface area (Å²) in [5.41, 5.74) is 0.114. The molecule has 2 amide bonds. The Bertz CT molecular complexity index is 764. The van der Waals surface area contributed by atoms with Crippen LogP contribution >= 0.6 is 34.8 Å². The van der Waals surface area contributed by atoms with Gasteiger partial charge in [-0.2, -0.15) is 0 Å². The number of hydrogen-bond donors (Lipinski definition) is 2. The van der Waals surface area contributed by atoms with Gasteiger partial charge >= 0.3 is 0 Å². The Morgan fingerprint density at radius 1 is 0.875 bits per heavy atom. The van der Waals surface area contributed by atoms with E-state index in [0.717, 1.165) is 6.07 Å². The Morgan fingerprint density at radius 2 is 1.54 bits per heavy atom. The number of hydrogen-bond acceptors (Lipinski definition) is 2. The number of benzene rings is 2. The predicted molar refractivity (Wildman–Crippen MR) is 92.5 cm³/mol. The fourth-order valence-electron chi connectivity index (χ4n) is 1.89. The quantitative estimate of drug-likeness (QED) is 0.761. The first-order chi connectivity index (χ1) is 11.4. The second-order valence-corrected chi connectivity index (χ2v) is 5.96. The molecule has 24 heavy (non-hydrogen) atoms. The molecule has 0 heterocycles. The van der Waals surface area contributed by atoms with Crippen LogP contribution in [-0.2, 0) is 0 Å². The summed E-state index contributed by atoms with van der Waals surface area (Å²) >= 11 is 17.4. The number of carbonyl (C=O) groups excluding carboxylic acids is 2. The first-order valence-electron chi connectivity index (χ1n) is 6.85. The van der Waals surface area contributed by atoms with Crippen LogP contribution in [0.2, 0.25) is 15.1 Å². The van der Waals surface area contributed by atoms with Gasteiger partial charge in [0.05, 0.1) is 20.6 Å². The molecule has 0 bridgehead atoms. The van der Waals surface area contributed by atoms with Gasteiger partial charge in [-0.05, 0) is 30.3 Å². The maximum atomic E-state index is 13.6. The van der Waals surface area contributed by atoms with E-state index in [1.165, 1.54) is 30.3 Å². The Morgan fingerprint density at radius 3 is 2.17 bits per heavy atom. The zero-order valence-corrected chi connectivity index (χ0v) is 14.5. The molecule has 2 aromatic carbocycles. The highest BCUT2D eigenvalue weighted by Gasteiger charge is 2.15. The minimum Gasteiger partial charge on any atom is -0.350 e. The van der Waals surface area contributed by atoms with Crippen molar-refractivity contribution in [1.82, 2.24) is 10.6 Å². The Kier molecular flexibility index (Phi) is 6.43. The van der Waals surface area contributed by atoms with Gasteiger partial charge in [0, 0.05) is 18.7 Å². The summed E-state index contributed by atoms with van der Waals surface area (Å²) in [6, 6.07) is 8.46. The van der Waals surface area contributed by atoms with Crippen molar-refractivity contribution in [2.75, 3.05) is 13.1 Å². The third kappa shape index (κ3) is 4.60. The molecule has 0 fully saturated rings. The molecular formula is C16H12Cl3FN2O2. The average molecular weight is 390 g/mol. The lowest BCUT2D eigenvalue weighted by atomic mass is 10.2. The molecule has 0 spiro atoms. The van der Waals surface area contributed by atoms with Crippen molar-refractivity contribution in [3.63, 3.8) is 0 Å². The van der Waals surface area contributed by atoms with Gasteiger partial charge in [0.1, 0.15) is 5.82 Å². The highest BCUT2D eigenvalue weighted by atomic mass is 35.5. The minimum absolute atomic E-state index is 0.0207. The van der Waals surface area contributed by atoms with E-state index in [0.29, 0.717) is 10.6 Å². The number of nitrogens with one attached hydrogen (secondary N) is 2. The van der Waals surface area contributed by atoms with E-state index in [1.54, 1.807) is 0 Å². The van der Waals surface area contributed by atoms with Crippen LogP contribution in [0, 0.1) is 5.82 Å². The van der Waals surface area contributed by atoms with Crippen LogP contribution in [0.5, 0.6) is 0 Å². The van der Waals surface area contributed by atoms with Crippen LogP contribution in [0.3, 0.4) is 0 Å². The highest BCUT2D eigenvalue weighted by molar-refractivity contribution is 6.42. The van der Waals surface area contributed by atoms with Crippen molar-refractivity contribution >= 4 is 46.6 Å². The molecule has 0 aliphatic rings. The summed E-state index contributed by atoms with van der Waals surface area (Å²) in [7, 11) is 0. The van der Waals surface area contributed by atoms with Gasteiger partial charge in [0.15, 0.2) is 0 Å².